The maximum atomic E-state index is 13.5. The van der Waals surface area contributed by atoms with Gasteiger partial charge in [0.2, 0.25) is 0 Å². The normalized spacial score (nSPS) is 10.6. The van der Waals surface area contributed by atoms with Crippen LogP contribution in [0.5, 0.6) is 0 Å². The molecule has 122 valence electrons. The zero-order chi connectivity index (χ0) is 17.1. The Morgan fingerprint density at radius 3 is 2.58 bits per heavy atom. The number of carbonyl (C=O) groups excluding carboxylic acids is 1. The first-order valence-corrected chi connectivity index (χ1v) is 6.81. The predicted molar refractivity (Wildman–Crippen MR) is 76.6 cm³/mol. The lowest BCUT2D eigenvalue weighted by molar-refractivity contribution is 0.0945. The number of aromatic nitrogens is 4. The van der Waals surface area contributed by atoms with Crippen LogP contribution >= 0.6 is 0 Å². The van der Waals surface area contributed by atoms with E-state index in [-0.39, 0.29) is 23.6 Å². The van der Waals surface area contributed by atoms with E-state index >= 15 is 0 Å². The third-order valence-corrected chi connectivity index (χ3v) is 3.21. The summed E-state index contributed by atoms with van der Waals surface area (Å²) < 4.78 is 41.0. The highest BCUT2D eigenvalue weighted by Crippen LogP contribution is 2.13. The van der Waals surface area contributed by atoms with E-state index in [1.165, 1.54) is 30.3 Å². The quantitative estimate of drug-likeness (QED) is 0.793. The number of nitrogens with zero attached hydrogens (tertiary/aromatic N) is 4. The maximum absolute atomic E-state index is 13.5. The predicted octanol–water partition coefficient (Wildman–Crippen LogP) is 2.01. The minimum absolute atomic E-state index is 0.121. The molecule has 24 heavy (non-hydrogen) atoms. The molecule has 0 spiro atoms. The molecule has 2 aromatic carbocycles. The Bertz CT molecular complexity index is 896. The second kappa shape index (κ2) is 6.49. The first-order valence-electron chi connectivity index (χ1n) is 6.81. The van der Waals surface area contributed by atoms with Crippen molar-refractivity contribution in [1.82, 2.24) is 25.5 Å². The summed E-state index contributed by atoms with van der Waals surface area (Å²) in [4.78, 5) is 12.0. The fraction of sp³-hybridized carbons (Fsp3) is 0.0667. The van der Waals surface area contributed by atoms with Gasteiger partial charge in [0.25, 0.3) is 5.91 Å². The van der Waals surface area contributed by atoms with Crippen LogP contribution in [-0.2, 0) is 6.54 Å². The molecule has 0 bridgehead atoms. The topological polar surface area (TPSA) is 72.7 Å². The number of carbonyl (C=O) groups is 1. The van der Waals surface area contributed by atoms with Crippen molar-refractivity contribution in [3.05, 3.63) is 71.3 Å². The molecule has 1 heterocycles. The van der Waals surface area contributed by atoms with Crippen LogP contribution in [0, 0.1) is 17.5 Å². The number of hydrogen-bond acceptors (Lipinski definition) is 4. The molecule has 6 nitrogen and oxygen atoms in total. The molecule has 3 rings (SSSR count). The van der Waals surface area contributed by atoms with Crippen LogP contribution in [0.3, 0.4) is 0 Å². The Balaban J connectivity index is 1.78. The minimum atomic E-state index is -1.05. The largest absolute Gasteiger partial charge is 0.345 e. The Hall–Kier alpha value is -3.23. The van der Waals surface area contributed by atoms with Gasteiger partial charge in [-0.2, -0.15) is 4.68 Å². The van der Waals surface area contributed by atoms with Crippen molar-refractivity contribution in [2.45, 2.75) is 6.54 Å². The summed E-state index contributed by atoms with van der Waals surface area (Å²) in [7, 11) is 0. The van der Waals surface area contributed by atoms with Gasteiger partial charge in [-0.3, -0.25) is 4.79 Å². The van der Waals surface area contributed by atoms with E-state index in [2.05, 4.69) is 20.8 Å². The molecule has 0 saturated carbocycles. The molecule has 3 aromatic rings. The summed E-state index contributed by atoms with van der Waals surface area (Å²) >= 11 is 0. The van der Waals surface area contributed by atoms with Crippen LogP contribution in [0.2, 0.25) is 0 Å². The first kappa shape index (κ1) is 15.7. The zero-order valence-corrected chi connectivity index (χ0v) is 12.1. The van der Waals surface area contributed by atoms with Crippen molar-refractivity contribution in [3.8, 4) is 5.69 Å². The summed E-state index contributed by atoms with van der Waals surface area (Å²) in [6.07, 6.45) is 0. The average Bonchev–Trinajstić information content (AvgIpc) is 3.04. The monoisotopic (exact) mass is 333 g/mol. The third-order valence-electron chi connectivity index (χ3n) is 3.21. The van der Waals surface area contributed by atoms with Gasteiger partial charge < -0.3 is 5.32 Å². The molecule has 1 amide bonds. The summed E-state index contributed by atoms with van der Waals surface area (Å²) in [5, 5.41) is 13.3. The molecule has 9 heteroatoms. The molecule has 0 atom stereocenters. The average molecular weight is 333 g/mol. The molecule has 1 N–H and O–H groups in total. The van der Waals surface area contributed by atoms with Crippen molar-refractivity contribution in [2.24, 2.45) is 0 Å². The molecule has 0 aliphatic heterocycles. The number of benzene rings is 2. The van der Waals surface area contributed by atoms with Crippen LogP contribution in [0.1, 0.15) is 16.2 Å². The van der Waals surface area contributed by atoms with E-state index in [0.29, 0.717) is 0 Å². The van der Waals surface area contributed by atoms with Gasteiger partial charge in [0, 0.05) is 6.07 Å². The zero-order valence-electron chi connectivity index (χ0n) is 12.1. The highest BCUT2D eigenvalue weighted by molar-refractivity contribution is 5.94. The molecule has 0 aliphatic carbocycles. The minimum Gasteiger partial charge on any atom is -0.345 e. The summed E-state index contributed by atoms with van der Waals surface area (Å²) in [5.74, 6) is -3.18. The number of rotatable bonds is 4. The molecule has 0 saturated heterocycles. The Labute approximate surface area is 133 Å². The lowest BCUT2D eigenvalue weighted by atomic mass is 10.2. The lowest BCUT2D eigenvalue weighted by Gasteiger charge is -2.07. The van der Waals surface area contributed by atoms with Crippen molar-refractivity contribution in [1.29, 1.82) is 0 Å². The van der Waals surface area contributed by atoms with E-state index in [9.17, 15) is 18.0 Å². The van der Waals surface area contributed by atoms with Crippen LogP contribution in [-0.4, -0.2) is 26.1 Å². The fourth-order valence-corrected chi connectivity index (χ4v) is 2.03. The number of nitrogens with one attached hydrogen (secondary N) is 1. The van der Waals surface area contributed by atoms with Crippen molar-refractivity contribution >= 4 is 5.91 Å². The van der Waals surface area contributed by atoms with E-state index in [1.807, 2.05) is 0 Å². The van der Waals surface area contributed by atoms with Gasteiger partial charge in [-0.25, -0.2) is 13.2 Å². The van der Waals surface area contributed by atoms with Gasteiger partial charge in [0.15, 0.2) is 17.5 Å². The van der Waals surface area contributed by atoms with E-state index in [1.54, 1.807) is 0 Å². The van der Waals surface area contributed by atoms with E-state index in [0.717, 1.165) is 16.8 Å². The Morgan fingerprint density at radius 2 is 1.83 bits per heavy atom. The van der Waals surface area contributed by atoms with Gasteiger partial charge in [-0.05, 0) is 34.7 Å². The first-order chi connectivity index (χ1) is 11.6. The van der Waals surface area contributed by atoms with Crippen molar-refractivity contribution in [3.63, 3.8) is 0 Å². The molecular weight excluding hydrogens is 323 g/mol. The Morgan fingerprint density at radius 1 is 1.04 bits per heavy atom. The number of hydrogen-bond donors (Lipinski definition) is 1. The van der Waals surface area contributed by atoms with Crippen LogP contribution < -0.4 is 5.32 Å². The molecule has 0 unspecified atom stereocenters. The molecular formula is C15H10F3N5O. The van der Waals surface area contributed by atoms with Gasteiger partial charge in [0.05, 0.1) is 17.8 Å². The Kier molecular flexibility index (Phi) is 4.23. The molecule has 0 fully saturated rings. The highest BCUT2D eigenvalue weighted by atomic mass is 19.2. The summed E-state index contributed by atoms with van der Waals surface area (Å²) in [6, 6.07) is 8.65. The molecule has 0 radical (unpaired) electrons. The lowest BCUT2D eigenvalue weighted by Crippen LogP contribution is -2.25. The number of halogens is 3. The van der Waals surface area contributed by atoms with Crippen LogP contribution in [0.4, 0.5) is 13.2 Å². The van der Waals surface area contributed by atoms with Gasteiger partial charge in [-0.15, -0.1) is 5.10 Å². The smallest absolute Gasteiger partial charge is 0.254 e. The molecule has 0 aliphatic rings. The second-order valence-electron chi connectivity index (χ2n) is 4.77. The van der Waals surface area contributed by atoms with Gasteiger partial charge >= 0.3 is 0 Å². The van der Waals surface area contributed by atoms with Gasteiger partial charge in [0.1, 0.15) is 5.82 Å². The van der Waals surface area contributed by atoms with E-state index < -0.39 is 23.4 Å². The van der Waals surface area contributed by atoms with Crippen LogP contribution in [0.25, 0.3) is 5.69 Å². The second-order valence-corrected chi connectivity index (χ2v) is 4.77. The number of amides is 1. The molecule has 1 aromatic heterocycles. The maximum Gasteiger partial charge on any atom is 0.254 e. The van der Waals surface area contributed by atoms with Crippen molar-refractivity contribution < 1.29 is 18.0 Å². The van der Waals surface area contributed by atoms with Crippen LogP contribution in [0.15, 0.2) is 42.5 Å². The SMILES string of the molecule is O=C(NCc1nnnn1-c1ccc(F)c(F)c1)c1ccccc1F. The van der Waals surface area contributed by atoms with E-state index in [4.69, 9.17) is 0 Å². The fourth-order valence-electron chi connectivity index (χ4n) is 2.03. The summed E-state index contributed by atoms with van der Waals surface area (Å²) in [5.41, 5.74) is 0.0680. The summed E-state index contributed by atoms with van der Waals surface area (Å²) in [6.45, 7) is -0.126. The van der Waals surface area contributed by atoms with Gasteiger partial charge in [-0.1, -0.05) is 12.1 Å². The number of tetrazole rings is 1. The van der Waals surface area contributed by atoms with Crippen molar-refractivity contribution in [2.75, 3.05) is 0 Å². The third kappa shape index (κ3) is 3.09. The standard InChI is InChI=1S/C15H10F3N5O/c16-11-4-2-1-3-10(11)15(24)19-8-14-20-21-22-23(14)9-5-6-12(17)13(18)7-9/h1-7H,8H2,(H,19,24). The highest BCUT2D eigenvalue weighted by Gasteiger charge is 2.14.